The van der Waals surface area contributed by atoms with E-state index in [4.69, 9.17) is 23.2 Å². The number of rotatable bonds is 3. The zero-order valence-corrected chi connectivity index (χ0v) is 14.8. The molecule has 0 unspecified atom stereocenters. The summed E-state index contributed by atoms with van der Waals surface area (Å²) in [5.41, 5.74) is 0.578. The summed E-state index contributed by atoms with van der Waals surface area (Å²) in [6.07, 6.45) is 3.76. The van der Waals surface area contributed by atoms with Crippen LogP contribution in [-0.4, -0.2) is 33.7 Å². The second-order valence-corrected chi connectivity index (χ2v) is 7.26. The Balaban J connectivity index is 1.83. The Bertz CT molecular complexity index is 707. The van der Waals surface area contributed by atoms with Crippen LogP contribution in [-0.2, 0) is 16.1 Å². The molecule has 0 N–H and O–H groups in total. The van der Waals surface area contributed by atoms with Gasteiger partial charge in [0.05, 0.1) is 6.54 Å². The number of hydrogen-bond donors (Lipinski definition) is 0. The van der Waals surface area contributed by atoms with Crippen LogP contribution in [0.15, 0.2) is 18.2 Å². The molecule has 1 heterocycles. The van der Waals surface area contributed by atoms with Crippen LogP contribution in [0, 0.1) is 5.92 Å². The highest BCUT2D eigenvalue weighted by atomic mass is 35.5. The molecule has 0 bridgehead atoms. The molecule has 1 aromatic carbocycles. The monoisotopic (exact) mass is 368 g/mol. The average Bonchev–Trinajstić information content (AvgIpc) is 2.74. The summed E-state index contributed by atoms with van der Waals surface area (Å²) in [4.78, 5) is 39.5. The van der Waals surface area contributed by atoms with E-state index in [2.05, 4.69) is 0 Å². The number of imide groups is 2. The van der Waals surface area contributed by atoms with Crippen molar-refractivity contribution >= 4 is 41.0 Å². The maximum atomic E-state index is 12.7. The van der Waals surface area contributed by atoms with E-state index in [9.17, 15) is 14.4 Å². The van der Waals surface area contributed by atoms with Gasteiger partial charge in [0.25, 0.3) is 0 Å². The van der Waals surface area contributed by atoms with Crippen LogP contribution in [0.2, 0.25) is 10.0 Å². The molecule has 1 saturated carbocycles. The van der Waals surface area contributed by atoms with Gasteiger partial charge in [-0.25, -0.2) is 4.79 Å². The molecule has 2 atom stereocenters. The first kappa shape index (κ1) is 17.2. The average molecular weight is 369 g/mol. The van der Waals surface area contributed by atoms with Crippen LogP contribution in [0.25, 0.3) is 0 Å². The molecule has 2 fully saturated rings. The van der Waals surface area contributed by atoms with Crippen LogP contribution in [0.3, 0.4) is 0 Å². The summed E-state index contributed by atoms with van der Waals surface area (Å²) in [5, 5.41) is 0.830. The molecular weight excluding hydrogens is 351 g/mol. The van der Waals surface area contributed by atoms with E-state index in [0.717, 1.165) is 35.5 Å². The van der Waals surface area contributed by atoms with E-state index >= 15 is 0 Å². The zero-order valence-electron chi connectivity index (χ0n) is 13.3. The van der Waals surface area contributed by atoms with Crippen LogP contribution < -0.4 is 0 Å². The molecule has 0 spiro atoms. The number of benzene rings is 1. The van der Waals surface area contributed by atoms with Crippen LogP contribution in [0.1, 0.15) is 38.2 Å². The standard InChI is InChI=1S/C17H18Cl2N2O3/c1-10-4-2-3-5-14(10)21-16(23)15(22)20(17(21)24)9-11-6-7-12(18)8-13(11)19/h6-8,10,14H,2-5,9H2,1H3/t10-,14-/m0/s1. The summed E-state index contributed by atoms with van der Waals surface area (Å²) in [7, 11) is 0. The van der Waals surface area contributed by atoms with E-state index in [0.29, 0.717) is 15.6 Å². The molecule has 5 nitrogen and oxygen atoms in total. The van der Waals surface area contributed by atoms with Gasteiger partial charge in [-0.15, -0.1) is 0 Å². The normalized spacial score (nSPS) is 24.9. The maximum Gasteiger partial charge on any atom is 0.334 e. The fraction of sp³-hybridized carbons (Fsp3) is 0.471. The fourth-order valence-electron chi connectivity index (χ4n) is 3.45. The molecule has 3 rings (SSSR count). The fourth-order valence-corrected chi connectivity index (χ4v) is 3.92. The lowest BCUT2D eigenvalue weighted by Gasteiger charge is -2.34. The van der Waals surface area contributed by atoms with E-state index < -0.39 is 17.8 Å². The molecule has 4 amide bonds. The molecule has 24 heavy (non-hydrogen) atoms. The highest BCUT2D eigenvalue weighted by molar-refractivity contribution is 6.44. The molecule has 7 heteroatoms. The number of halogens is 2. The van der Waals surface area contributed by atoms with Crippen molar-refractivity contribution in [3.63, 3.8) is 0 Å². The number of carbonyl (C=O) groups is 3. The van der Waals surface area contributed by atoms with Gasteiger partial charge in [0.15, 0.2) is 0 Å². The summed E-state index contributed by atoms with van der Waals surface area (Å²) in [6.45, 7) is 1.99. The van der Waals surface area contributed by atoms with Gasteiger partial charge in [0.2, 0.25) is 0 Å². The van der Waals surface area contributed by atoms with Crippen molar-refractivity contribution in [1.29, 1.82) is 0 Å². The summed E-state index contributed by atoms with van der Waals surface area (Å²) < 4.78 is 0. The summed E-state index contributed by atoms with van der Waals surface area (Å²) in [5.74, 6) is -1.31. The first-order valence-corrected chi connectivity index (χ1v) is 8.78. The second-order valence-electron chi connectivity index (χ2n) is 6.41. The number of hydrogen-bond acceptors (Lipinski definition) is 3. The van der Waals surface area contributed by atoms with Crippen molar-refractivity contribution in [2.45, 2.75) is 45.2 Å². The third-order valence-corrected chi connectivity index (χ3v) is 5.41. The molecule has 1 saturated heterocycles. The van der Waals surface area contributed by atoms with Gasteiger partial charge in [0, 0.05) is 16.1 Å². The Labute approximate surface area is 150 Å². The highest BCUT2D eigenvalue weighted by Crippen LogP contribution is 2.32. The van der Waals surface area contributed by atoms with Gasteiger partial charge >= 0.3 is 17.8 Å². The van der Waals surface area contributed by atoms with Crippen molar-refractivity contribution in [3.05, 3.63) is 33.8 Å². The van der Waals surface area contributed by atoms with E-state index in [1.807, 2.05) is 6.92 Å². The largest absolute Gasteiger partial charge is 0.334 e. The van der Waals surface area contributed by atoms with Crippen LogP contribution in [0.5, 0.6) is 0 Å². The molecule has 0 aromatic heterocycles. The van der Waals surface area contributed by atoms with Gasteiger partial charge in [-0.05, 0) is 36.5 Å². The van der Waals surface area contributed by atoms with E-state index in [1.54, 1.807) is 18.2 Å². The quantitative estimate of drug-likeness (QED) is 0.601. The van der Waals surface area contributed by atoms with Gasteiger partial charge in [-0.2, -0.15) is 0 Å². The third kappa shape index (κ3) is 3.03. The number of amides is 4. The summed E-state index contributed by atoms with van der Waals surface area (Å²) in [6, 6.07) is 4.09. The Morgan fingerprint density at radius 2 is 1.79 bits per heavy atom. The maximum absolute atomic E-state index is 12.7. The lowest BCUT2D eigenvalue weighted by molar-refractivity contribution is -0.144. The topological polar surface area (TPSA) is 57.7 Å². The van der Waals surface area contributed by atoms with Gasteiger partial charge in [0.1, 0.15) is 0 Å². The first-order valence-electron chi connectivity index (χ1n) is 8.03. The molecular formula is C17H18Cl2N2O3. The van der Waals surface area contributed by atoms with Gasteiger partial charge < -0.3 is 0 Å². The van der Waals surface area contributed by atoms with Crippen LogP contribution in [0.4, 0.5) is 4.79 Å². The Kier molecular flexibility index (Phi) is 4.83. The lowest BCUT2D eigenvalue weighted by atomic mass is 9.85. The Morgan fingerprint density at radius 3 is 2.46 bits per heavy atom. The Hall–Kier alpha value is -1.59. The highest BCUT2D eigenvalue weighted by Gasteiger charge is 2.49. The number of carbonyl (C=O) groups excluding carboxylic acids is 3. The lowest BCUT2D eigenvalue weighted by Crippen LogP contribution is -2.46. The SMILES string of the molecule is C[C@H]1CCCC[C@@H]1N1C(=O)C(=O)N(Cc2ccc(Cl)cc2Cl)C1=O. The molecule has 1 aliphatic carbocycles. The van der Waals surface area contributed by atoms with E-state index in [1.165, 1.54) is 0 Å². The minimum atomic E-state index is -0.788. The molecule has 2 aliphatic rings. The van der Waals surface area contributed by atoms with Crippen molar-refractivity contribution in [3.8, 4) is 0 Å². The number of urea groups is 1. The molecule has 1 aliphatic heterocycles. The van der Waals surface area contributed by atoms with Crippen molar-refractivity contribution in [2.75, 3.05) is 0 Å². The molecule has 128 valence electrons. The van der Waals surface area contributed by atoms with Crippen molar-refractivity contribution < 1.29 is 14.4 Å². The molecule has 1 aromatic rings. The smallest absolute Gasteiger partial charge is 0.263 e. The van der Waals surface area contributed by atoms with E-state index in [-0.39, 0.29) is 18.5 Å². The van der Waals surface area contributed by atoms with Gasteiger partial charge in [-0.1, -0.05) is 49.0 Å². The minimum absolute atomic E-state index is 0.0307. The second kappa shape index (κ2) is 6.73. The minimum Gasteiger partial charge on any atom is -0.263 e. The van der Waals surface area contributed by atoms with Gasteiger partial charge in [-0.3, -0.25) is 19.4 Å². The molecule has 0 radical (unpaired) electrons. The first-order chi connectivity index (χ1) is 11.4. The third-order valence-electron chi connectivity index (χ3n) is 4.83. The number of nitrogens with zero attached hydrogens (tertiary/aromatic N) is 2. The van der Waals surface area contributed by atoms with Crippen LogP contribution >= 0.6 is 23.2 Å². The zero-order chi connectivity index (χ0) is 17.4. The summed E-state index contributed by atoms with van der Waals surface area (Å²) >= 11 is 12.0. The van der Waals surface area contributed by atoms with Crippen molar-refractivity contribution in [1.82, 2.24) is 9.80 Å². The predicted octanol–water partition coefficient (Wildman–Crippen LogP) is 3.86. The Morgan fingerprint density at radius 1 is 1.08 bits per heavy atom. The predicted molar refractivity (Wildman–Crippen MR) is 90.7 cm³/mol. The van der Waals surface area contributed by atoms with Crippen molar-refractivity contribution in [2.24, 2.45) is 5.92 Å².